The zero-order chi connectivity index (χ0) is 14.3. The normalized spacial score (nSPS) is 32.8. The number of benzene rings is 1. The minimum absolute atomic E-state index is 0.262. The van der Waals surface area contributed by atoms with Crippen LogP contribution in [0, 0.1) is 11.8 Å². The summed E-state index contributed by atoms with van der Waals surface area (Å²) in [5.74, 6) is 1.55. The molecule has 1 aromatic rings. The average molecular weight is 286 g/mol. The van der Waals surface area contributed by atoms with Crippen molar-refractivity contribution >= 4 is 5.69 Å². The molecule has 0 aromatic heterocycles. The first-order chi connectivity index (χ1) is 10.2. The van der Waals surface area contributed by atoms with Crippen molar-refractivity contribution < 1.29 is 4.74 Å². The molecule has 114 valence electrons. The van der Waals surface area contributed by atoms with Crippen molar-refractivity contribution in [1.82, 2.24) is 5.32 Å². The van der Waals surface area contributed by atoms with Gasteiger partial charge in [0.2, 0.25) is 0 Å². The number of hydrogen-bond donors (Lipinski definition) is 1. The van der Waals surface area contributed by atoms with Crippen molar-refractivity contribution in [2.45, 2.75) is 38.3 Å². The van der Waals surface area contributed by atoms with Crippen LogP contribution in [0.2, 0.25) is 0 Å². The quantitative estimate of drug-likeness (QED) is 0.925. The molecule has 0 amide bonds. The molecule has 3 aliphatic rings. The highest BCUT2D eigenvalue weighted by Gasteiger charge is 2.44. The highest BCUT2D eigenvalue weighted by molar-refractivity contribution is 5.55. The fourth-order valence-electron chi connectivity index (χ4n) is 4.00. The molecule has 0 radical (unpaired) electrons. The number of hydrogen-bond acceptors (Lipinski definition) is 3. The van der Waals surface area contributed by atoms with Crippen LogP contribution in [-0.4, -0.2) is 31.8 Å². The van der Waals surface area contributed by atoms with Gasteiger partial charge in [-0.25, -0.2) is 0 Å². The predicted octanol–water partition coefficient (Wildman–Crippen LogP) is 2.80. The molecule has 1 N–H and O–H groups in total. The fourth-order valence-corrected chi connectivity index (χ4v) is 4.00. The van der Waals surface area contributed by atoms with E-state index in [9.17, 15) is 0 Å². The summed E-state index contributed by atoms with van der Waals surface area (Å²) >= 11 is 0. The Morgan fingerprint density at radius 1 is 1.29 bits per heavy atom. The zero-order valence-electron chi connectivity index (χ0n) is 13.0. The van der Waals surface area contributed by atoms with E-state index in [4.69, 9.17) is 4.74 Å². The third-order valence-electron chi connectivity index (χ3n) is 5.52. The lowest BCUT2D eigenvalue weighted by atomic mass is 9.94. The van der Waals surface area contributed by atoms with Gasteiger partial charge in [-0.05, 0) is 43.7 Å². The number of anilines is 1. The Morgan fingerprint density at radius 3 is 2.90 bits per heavy atom. The summed E-state index contributed by atoms with van der Waals surface area (Å²) in [5.41, 5.74) is 3.14. The second-order valence-corrected chi connectivity index (χ2v) is 7.28. The molecule has 2 fully saturated rings. The van der Waals surface area contributed by atoms with Crippen LogP contribution in [0.3, 0.4) is 0 Å². The Balaban J connectivity index is 1.62. The van der Waals surface area contributed by atoms with Gasteiger partial charge in [-0.3, -0.25) is 0 Å². The molecule has 2 atom stereocenters. The molecule has 2 unspecified atom stereocenters. The van der Waals surface area contributed by atoms with Gasteiger partial charge < -0.3 is 15.0 Å². The van der Waals surface area contributed by atoms with E-state index < -0.39 is 0 Å². The van der Waals surface area contributed by atoms with Crippen molar-refractivity contribution in [2.75, 3.05) is 31.2 Å². The first-order valence-corrected chi connectivity index (χ1v) is 8.40. The Labute approximate surface area is 127 Å². The lowest BCUT2D eigenvalue weighted by molar-refractivity contribution is 0.186. The zero-order valence-corrected chi connectivity index (χ0v) is 13.0. The van der Waals surface area contributed by atoms with E-state index in [1.807, 2.05) is 0 Å². The van der Waals surface area contributed by atoms with Crippen molar-refractivity contribution in [3.05, 3.63) is 29.8 Å². The van der Waals surface area contributed by atoms with Crippen LogP contribution in [0.15, 0.2) is 24.3 Å². The highest BCUT2D eigenvalue weighted by Crippen LogP contribution is 2.42. The third-order valence-corrected chi connectivity index (χ3v) is 5.52. The highest BCUT2D eigenvalue weighted by atomic mass is 16.5. The van der Waals surface area contributed by atoms with E-state index in [1.165, 1.54) is 30.5 Å². The van der Waals surface area contributed by atoms with Crippen molar-refractivity contribution in [2.24, 2.45) is 11.8 Å². The van der Waals surface area contributed by atoms with Crippen molar-refractivity contribution in [3.63, 3.8) is 0 Å². The van der Waals surface area contributed by atoms with Gasteiger partial charge in [0.15, 0.2) is 0 Å². The van der Waals surface area contributed by atoms with Crippen LogP contribution in [0.1, 0.15) is 31.7 Å². The maximum absolute atomic E-state index is 5.59. The van der Waals surface area contributed by atoms with Crippen LogP contribution in [0.25, 0.3) is 0 Å². The van der Waals surface area contributed by atoms with Gasteiger partial charge in [0.25, 0.3) is 0 Å². The number of para-hydroxylation sites is 1. The molecule has 2 heterocycles. The number of rotatable bonds is 3. The SMILES string of the molecule is CC1(C2CC2)CN(CC2CCOC2)c2ccccc2CN1. The van der Waals surface area contributed by atoms with Gasteiger partial charge in [-0.2, -0.15) is 0 Å². The summed E-state index contributed by atoms with van der Waals surface area (Å²) in [5, 5.41) is 3.86. The first-order valence-electron chi connectivity index (χ1n) is 8.40. The van der Waals surface area contributed by atoms with Gasteiger partial charge in [0.05, 0.1) is 6.61 Å². The van der Waals surface area contributed by atoms with E-state index in [-0.39, 0.29) is 5.54 Å². The molecule has 1 saturated carbocycles. The molecule has 3 nitrogen and oxygen atoms in total. The second-order valence-electron chi connectivity index (χ2n) is 7.28. The molecule has 4 rings (SSSR count). The van der Waals surface area contributed by atoms with Gasteiger partial charge >= 0.3 is 0 Å². The molecule has 2 aliphatic heterocycles. The predicted molar refractivity (Wildman–Crippen MR) is 85.5 cm³/mol. The van der Waals surface area contributed by atoms with Gasteiger partial charge in [-0.15, -0.1) is 0 Å². The van der Waals surface area contributed by atoms with Crippen LogP contribution >= 0.6 is 0 Å². The van der Waals surface area contributed by atoms with Crippen LogP contribution < -0.4 is 10.2 Å². The summed E-state index contributed by atoms with van der Waals surface area (Å²) in [6, 6.07) is 8.92. The van der Waals surface area contributed by atoms with E-state index >= 15 is 0 Å². The number of nitrogens with zero attached hydrogens (tertiary/aromatic N) is 1. The van der Waals surface area contributed by atoms with E-state index in [0.29, 0.717) is 5.92 Å². The van der Waals surface area contributed by atoms with Crippen molar-refractivity contribution in [3.8, 4) is 0 Å². The van der Waals surface area contributed by atoms with Crippen LogP contribution in [0.5, 0.6) is 0 Å². The van der Waals surface area contributed by atoms with E-state index in [1.54, 1.807) is 0 Å². The van der Waals surface area contributed by atoms with Gasteiger partial charge in [0.1, 0.15) is 0 Å². The maximum Gasteiger partial charge on any atom is 0.0512 e. The first kappa shape index (κ1) is 13.6. The van der Waals surface area contributed by atoms with Crippen LogP contribution in [0.4, 0.5) is 5.69 Å². The lowest BCUT2D eigenvalue weighted by Gasteiger charge is -2.36. The molecule has 3 heteroatoms. The van der Waals surface area contributed by atoms with E-state index in [0.717, 1.165) is 38.8 Å². The topological polar surface area (TPSA) is 24.5 Å². The second kappa shape index (κ2) is 5.29. The molecule has 0 spiro atoms. The van der Waals surface area contributed by atoms with Crippen LogP contribution in [-0.2, 0) is 11.3 Å². The van der Waals surface area contributed by atoms with Crippen molar-refractivity contribution in [1.29, 1.82) is 0 Å². The Morgan fingerprint density at radius 2 is 2.14 bits per heavy atom. The number of nitrogens with one attached hydrogen (secondary N) is 1. The Bertz CT molecular complexity index is 508. The van der Waals surface area contributed by atoms with Gasteiger partial charge in [0, 0.05) is 43.4 Å². The largest absolute Gasteiger partial charge is 0.381 e. The Kier molecular flexibility index (Phi) is 3.43. The van der Waals surface area contributed by atoms with Gasteiger partial charge in [-0.1, -0.05) is 18.2 Å². The maximum atomic E-state index is 5.59. The molecule has 1 aromatic carbocycles. The average Bonchev–Trinajstić information content (AvgIpc) is 3.26. The summed E-state index contributed by atoms with van der Waals surface area (Å²) in [6.07, 6.45) is 3.99. The molecule has 21 heavy (non-hydrogen) atoms. The minimum Gasteiger partial charge on any atom is -0.381 e. The molecule has 1 saturated heterocycles. The summed E-state index contributed by atoms with van der Waals surface area (Å²) < 4.78 is 5.59. The summed E-state index contributed by atoms with van der Waals surface area (Å²) in [7, 11) is 0. The summed E-state index contributed by atoms with van der Waals surface area (Å²) in [4.78, 5) is 2.63. The summed E-state index contributed by atoms with van der Waals surface area (Å²) in [6.45, 7) is 7.58. The van der Waals surface area contributed by atoms with E-state index in [2.05, 4.69) is 41.4 Å². The molecular formula is C18H26N2O. The fraction of sp³-hybridized carbons (Fsp3) is 0.667. The smallest absolute Gasteiger partial charge is 0.0512 e. The standard InChI is InChI=1S/C18H26N2O/c1-18(16-6-7-16)13-20(11-14-8-9-21-12-14)17-5-3-2-4-15(17)10-19-18/h2-5,14,16,19H,6-13H2,1H3. The number of ether oxygens (including phenoxy) is 1. The lowest BCUT2D eigenvalue weighted by Crippen LogP contribution is -2.52. The molecular weight excluding hydrogens is 260 g/mol. The molecule has 0 bridgehead atoms. The monoisotopic (exact) mass is 286 g/mol. The minimum atomic E-state index is 0.262. The number of fused-ring (bicyclic) bond motifs is 1. The Hall–Kier alpha value is -1.06. The molecule has 1 aliphatic carbocycles. The third kappa shape index (κ3) is 2.69.